The molecule has 0 spiro atoms. The number of unbranched alkanes of at least 4 members (excludes halogenated alkanes) is 1. The van der Waals surface area contributed by atoms with E-state index in [-0.39, 0.29) is 36.0 Å². The van der Waals surface area contributed by atoms with Crippen molar-refractivity contribution in [2.24, 2.45) is 0 Å². The molecule has 4 N–H and O–H groups in total. The molecule has 148 valence electrons. The van der Waals surface area contributed by atoms with Crippen molar-refractivity contribution in [2.75, 3.05) is 6.61 Å². The van der Waals surface area contributed by atoms with Gasteiger partial charge in [0, 0.05) is 17.5 Å². The molecule has 0 amide bonds. The standard InChI is InChI=1S/C18H18Br4O5/c1-2-3-4-27-7-8-5-11(23)16(24)13(20)9(8)6-10-12(19)15(22)18(26)17(25)14(10)21/h5,23-26H,2-4,6-7H2,1H3. The average Bonchev–Trinajstić information content (AvgIpc) is 2.65. The first-order chi connectivity index (χ1) is 12.7. The van der Waals surface area contributed by atoms with Crippen molar-refractivity contribution in [3.63, 3.8) is 0 Å². The molecule has 27 heavy (non-hydrogen) atoms. The fourth-order valence-electron chi connectivity index (χ4n) is 2.48. The lowest BCUT2D eigenvalue weighted by atomic mass is 9.98. The topological polar surface area (TPSA) is 90.2 Å². The molecular weight excluding hydrogens is 616 g/mol. The Morgan fingerprint density at radius 2 is 1.41 bits per heavy atom. The molecule has 9 heteroatoms. The molecular formula is C18H18Br4O5. The van der Waals surface area contributed by atoms with E-state index in [1.165, 1.54) is 6.07 Å². The van der Waals surface area contributed by atoms with Crippen LogP contribution in [-0.2, 0) is 17.8 Å². The van der Waals surface area contributed by atoms with Crippen LogP contribution in [-0.4, -0.2) is 27.0 Å². The van der Waals surface area contributed by atoms with E-state index in [9.17, 15) is 20.4 Å². The van der Waals surface area contributed by atoms with Crippen LogP contribution in [0.5, 0.6) is 23.0 Å². The zero-order valence-corrected chi connectivity index (χ0v) is 20.7. The summed E-state index contributed by atoms with van der Waals surface area (Å²) in [7, 11) is 0. The molecule has 2 rings (SSSR count). The van der Waals surface area contributed by atoms with Gasteiger partial charge in [-0.3, -0.25) is 0 Å². The van der Waals surface area contributed by atoms with E-state index < -0.39 is 0 Å². The molecule has 0 unspecified atom stereocenters. The average molecular weight is 634 g/mol. The quantitative estimate of drug-likeness (QED) is 0.160. The van der Waals surface area contributed by atoms with Gasteiger partial charge in [-0.25, -0.2) is 0 Å². The van der Waals surface area contributed by atoms with Gasteiger partial charge in [-0.1, -0.05) is 13.3 Å². The van der Waals surface area contributed by atoms with Gasteiger partial charge in [0.15, 0.2) is 23.0 Å². The molecule has 0 radical (unpaired) electrons. The molecule has 0 aliphatic rings. The van der Waals surface area contributed by atoms with Crippen LogP contribution >= 0.6 is 63.7 Å². The van der Waals surface area contributed by atoms with Gasteiger partial charge >= 0.3 is 0 Å². The monoisotopic (exact) mass is 630 g/mol. The maximum absolute atomic E-state index is 10.1. The summed E-state index contributed by atoms with van der Waals surface area (Å²) in [5, 5.41) is 40.2. The summed E-state index contributed by atoms with van der Waals surface area (Å²) in [5.41, 5.74) is 2.05. The minimum Gasteiger partial charge on any atom is -0.504 e. The highest BCUT2D eigenvalue weighted by atomic mass is 79.9. The third-order valence-corrected chi connectivity index (χ3v) is 7.92. The summed E-state index contributed by atoms with van der Waals surface area (Å²) < 4.78 is 7.23. The van der Waals surface area contributed by atoms with Gasteiger partial charge in [-0.15, -0.1) is 0 Å². The lowest BCUT2D eigenvalue weighted by Crippen LogP contribution is -2.03. The highest BCUT2D eigenvalue weighted by Crippen LogP contribution is 2.49. The van der Waals surface area contributed by atoms with Crippen LogP contribution in [0.2, 0.25) is 0 Å². The van der Waals surface area contributed by atoms with E-state index in [1.807, 2.05) is 0 Å². The largest absolute Gasteiger partial charge is 0.504 e. The predicted octanol–water partition coefficient (Wildman–Crippen LogP) is 6.47. The van der Waals surface area contributed by atoms with Crippen LogP contribution < -0.4 is 0 Å². The van der Waals surface area contributed by atoms with E-state index in [2.05, 4.69) is 70.6 Å². The SMILES string of the molecule is CCCCOCc1cc(O)c(O)c(Br)c1Cc1c(Br)c(O)c(O)c(Br)c1Br. The Kier molecular flexibility index (Phi) is 8.30. The van der Waals surface area contributed by atoms with Gasteiger partial charge in [-0.05, 0) is 92.9 Å². The second-order valence-corrected chi connectivity index (χ2v) is 9.07. The van der Waals surface area contributed by atoms with E-state index in [4.69, 9.17) is 4.74 Å². The van der Waals surface area contributed by atoms with Crippen LogP contribution in [0.15, 0.2) is 24.0 Å². The first-order valence-electron chi connectivity index (χ1n) is 8.07. The maximum atomic E-state index is 10.1. The summed E-state index contributed by atoms with van der Waals surface area (Å²) in [6.45, 7) is 2.93. The van der Waals surface area contributed by atoms with Crippen molar-refractivity contribution in [1.82, 2.24) is 0 Å². The van der Waals surface area contributed by atoms with Gasteiger partial charge < -0.3 is 25.2 Å². The van der Waals surface area contributed by atoms with E-state index >= 15 is 0 Å². The Hall–Kier alpha value is -0.480. The fraction of sp³-hybridized carbons (Fsp3) is 0.333. The molecule has 2 aromatic rings. The van der Waals surface area contributed by atoms with Gasteiger partial charge in [0.1, 0.15) is 0 Å². The Balaban J connectivity index is 2.51. The number of aromatic hydroxyl groups is 4. The number of benzene rings is 2. The summed E-state index contributed by atoms with van der Waals surface area (Å²) in [6.07, 6.45) is 2.23. The summed E-state index contributed by atoms with van der Waals surface area (Å²) >= 11 is 13.3. The van der Waals surface area contributed by atoms with E-state index in [1.54, 1.807) is 0 Å². The molecule has 0 saturated carbocycles. The van der Waals surface area contributed by atoms with Crippen molar-refractivity contribution in [2.45, 2.75) is 32.8 Å². The lowest BCUT2D eigenvalue weighted by molar-refractivity contribution is 0.117. The van der Waals surface area contributed by atoms with Crippen molar-refractivity contribution >= 4 is 63.7 Å². The molecule has 0 heterocycles. The maximum Gasteiger partial charge on any atom is 0.174 e. The first-order valence-corrected chi connectivity index (χ1v) is 11.2. The predicted molar refractivity (Wildman–Crippen MR) is 118 cm³/mol. The molecule has 0 atom stereocenters. The normalized spacial score (nSPS) is 11.1. The molecule has 0 aliphatic heterocycles. The summed E-state index contributed by atoms with van der Waals surface area (Å²) in [6, 6.07) is 1.47. The highest BCUT2D eigenvalue weighted by Gasteiger charge is 2.23. The van der Waals surface area contributed by atoms with Gasteiger partial charge in [-0.2, -0.15) is 0 Å². The Morgan fingerprint density at radius 1 is 0.815 bits per heavy atom. The number of hydrogen-bond donors (Lipinski definition) is 4. The molecule has 0 bridgehead atoms. The van der Waals surface area contributed by atoms with Crippen molar-refractivity contribution in [1.29, 1.82) is 0 Å². The third kappa shape index (κ3) is 4.93. The van der Waals surface area contributed by atoms with Crippen LogP contribution in [0.4, 0.5) is 0 Å². The number of phenols is 4. The molecule has 0 aliphatic carbocycles. The summed E-state index contributed by atoms with van der Waals surface area (Å²) in [5.74, 6) is -1.09. The van der Waals surface area contributed by atoms with Crippen LogP contribution in [0.1, 0.15) is 36.5 Å². The fourth-order valence-corrected chi connectivity index (χ4v) is 4.82. The molecule has 2 aromatic carbocycles. The third-order valence-electron chi connectivity index (χ3n) is 4.03. The van der Waals surface area contributed by atoms with Gasteiger partial charge in [0.2, 0.25) is 0 Å². The number of ether oxygens (including phenoxy) is 1. The summed E-state index contributed by atoms with van der Waals surface area (Å²) in [4.78, 5) is 0. The van der Waals surface area contributed by atoms with Crippen molar-refractivity contribution < 1.29 is 25.2 Å². The minimum atomic E-state index is -0.292. The van der Waals surface area contributed by atoms with Crippen LogP contribution in [0.25, 0.3) is 0 Å². The van der Waals surface area contributed by atoms with Crippen molar-refractivity contribution in [3.8, 4) is 23.0 Å². The Morgan fingerprint density at radius 3 is 2.04 bits per heavy atom. The second kappa shape index (κ2) is 9.82. The molecule has 0 fully saturated rings. The first kappa shape index (κ1) is 22.8. The van der Waals surface area contributed by atoms with Crippen LogP contribution in [0, 0.1) is 0 Å². The second-order valence-electron chi connectivity index (χ2n) is 5.90. The van der Waals surface area contributed by atoms with E-state index in [0.29, 0.717) is 41.2 Å². The smallest absolute Gasteiger partial charge is 0.174 e. The lowest BCUT2D eigenvalue weighted by Gasteiger charge is -2.18. The Labute approximate surface area is 190 Å². The minimum absolute atomic E-state index is 0.243. The van der Waals surface area contributed by atoms with E-state index in [0.717, 1.165) is 12.8 Å². The zero-order chi connectivity index (χ0) is 20.3. The molecule has 0 saturated heterocycles. The number of rotatable bonds is 7. The van der Waals surface area contributed by atoms with Crippen LogP contribution in [0.3, 0.4) is 0 Å². The highest BCUT2D eigenvalue weighted by molar-refractivity contribution is 9.13. The number of phenolic OH excluding ortho intramolecular Hbond substituents is 4. The number of halogens is 4. The van der Waals surface area contributed by atoms with Crippen molar-refractivity contribution in [3.05, 3.63) is 40.6 Å². The zero-order valence-electron chi connectivity index (χ0n) is 14.3. The Bertz CT molecular complexity index is 826. The van der Waals surface area contributed by atoms with Gasteiger partial charge in [0.05, 0.1) is 20.0 Å². The van der Waals surface area contributed by atoms with Gasteiger partial charge in [0.25, 0.3) is 0 Å². The number of hydrogen-bond acceptors (Lipinski definition) is 5. The molecule has 5 nitrogen and oxygen atoms in total. The molecule has 0 aromatic heterocycles.